The first-order valence-electron chi connectivity index (χ1n) is 11.5. The molecule has 0 amide bonds. The lowest BCUT2D eigenvalue weighted by molar-refractivity contribution is -0.301. The van der Waals surface area contributed by atoms with Crippen LogP contribution >= 0.6 is 0 Å². The summed E-state index contributed by atoms with van der Waals surface area (Å²) in [6.45, 7) is 9.66. The van der Waals surface area contributed by atoms with Crippen LogP contribution in [-0.2, 0) is 23.9 Å². The Morgan fingerprint density at radius 2 is 1.90 bits per heavy atom. The van der Waals surface area contributed by atoms with Gasteiger partial charge in [0.15, 0.2) is 17.3 Å². The summed E-state index contributed by atoms with van der Waals surface area (Å²) in [4.78, 5) is 37.7. The van der Waals surface area contributed by atoms with Crippen LogP contribution in [0.2, 0.25) is 0 Å². The molecule has 4 aliphatic carbocycles. The van der Waals surface area contributed by atoms with Gasteiger partial charge in [0, 0.05) is 17.8 Å². The number of ketones is 3. The fourth-order valence-corrected chi connectivity index (χ4v) is 7.46. The van der Waals surface area contributed by atoms with Crippen LogP contribution in [-0.4, -0.2) is 35.3 Å². The van der Waals surface area contributed by atoms with E-state index in [4.69, 9.17) is 9.47 Å². The molecule has 1 heterocycles. The van der Waals surface area contributed by atoms with E-state index in [1.54, 1.807) is 13.0 Å². The maximum atomic E-state index is 13.3. The van der Waals surface area contributed by atoms with Crippen LogP contribution in [0.15, 0.2) is 35.5 Å². The van der Waals surface area contributed by atoms with Crippen molar-refractivity contribution in [1.29, 1.82) is 0 Å². The molecule has 3 fully saturated rings. The Hall–Kier alpha value is -1.85. The first-order valence-corrected chi connectivity index (χ1v) is 11.5. The van der Waals surface area contributed by atoms with Gasteiger partial charge in [-0.3, -0.25) is 14.4 Å². The van der Waals surface area contributed by atoms with E-state index in [0.717, 1.165) is 19.3 Å². The van der Waals surface area contributed by atoms with Gasteiger partial charge in [-0.1, -0.05) is 31.6 Å². The molecule has 31 heavy (non-hydrogen) atoms. The largest absolute Gasteiger partial charge is 0.336 e. The standard InChI is InChI=1S/C26H32O5/c1-15-12-18-19(23(3)9-6-17(28)13-21(15)23)7-10-24(4)20(18)8-11-26(24)22(29)14-30-25(5,31-26)16(2)27/h6-7,9,13,15,18,20H,8,10-12,14H2,1-5H3/t15-,18?,20?,23+,24-,25+,26?/m0/s1. The average molecular weight is 425 g/mol. The Bertz CT molecular complexity index is 988. The predicted molar refractivity (Wildman–Crippen MR) is 115 cm³/mol. The normalized spacial score (nSPS) is 48.6. The zero-order chi connectivity index (χ0) is 22.4. The molecule has 0 bridgehead atoms. The van der Waals surface area contributed by atoms with Crippen LogP contribution in [0.1, 0.15) is 60.3 Å². The van der Waals surface area contributed by atoms with Crippen LogP contribution in [0.25, 0.3) is 0 Å². The van der Waals surface area contributed by atoms with Gasteiger partial charge >= 0.3 is 0 Å². The molecule has 166 valence electrons. The van der Waals surface area contributed by atoms with E-state index in [9.17, 15) is 14.4 Å². The summed E-state index contributed by atoms with van der Waals surface area (Å²) in [5.74, 6) is -0.619. The van der Waals surface area contributed by atoms with Gasteiger partial charge in [-0.2, -0.15) is 0 Å². The molecule has 0 radical (unpaired) electrons. The maximum absolute atomic E-state index is 13.3. The fraction of sp³-hybridized carbons (Fsp3) is 0.654. The molecule has 5 nitrogen and oxygen atoms in total. The number of hydrogen-bond donors (Lipinski definition) is 0. The van der Waals surface area contributed by atoms with E-state index >= 15 is 0 Å². The van der Waals surface area contributed by atoms with E-state index in [0.29, 0.717) is 18.3 Å². The molecule has 1 spiro atoms. The molecule has 1 saturated heterocycles. The predicted octanol–water partition coefficient (Wildman–Crippen LogP) is 4.12. The molecule has 3 unspecified atom stereocenters. The molecule has 0 aromatic rings. The highest BCUT2D eigenvalue weighted by molar-refractivity contribution is 6.01. The van der Waals surface area contributed by atoms with Crippen LogP contribution in [0.4, 0.5) is 0 Å². The van der Waals surface area contributed by atoms with Crippen molar-refractivity contribution >= 4 is 17.3 Å². The monoisotopic (exact) mass is 424 g/mol. The maximum Gasteiger partial charge on any atom is 0.227 e. The Kier molecular flexibility index (Phi) is 4.31. The number of allylic oxidation sites excluding steroid dienone is 6. The van der Waals surface area contributed by atoms with Gasteiger partial charge in [-0.15, -0.1) is 0 Å². The molecule has 0 aromatic carbocycles. The molecule has 5 heteroatoms. The highest BCUT2D eigenvalue weighted by Crippen LogP contribution is 2.67. The highest BCUT2D eigenvalue weighted by atomic mass is 16.7. The Labute approximate surface area is 183 Å². The van der Waals surface area contributed by atoms with Crippen molar-refractivity contribution in [2.45, 2.75) is 71.7 Å². The Balaban J connectivity index is 1.59. The van der Waals surface area contributed by atoms with E-state index in [1.165, 1.54) is 18.1 Å². The van der Waals surface area contributed by atoms with E-state index in [-0.39, 0.29) is 40.7 Å². The van der Waals surface area contributed by atoms with Gasteiger partial charge in [0.05, 0.1) is 0 Å². The number of fused-ring (bicyclic) bond motifs is 6. The number of hydrogen-bond acceptors (Lipinski definition) is 5. The Morgan fingerprint density at radius 3 is 2.61 bits per heavy atom. The number of carbonyl (C=O) groups excluding carboxylic acids is 3. The summed E-state index contributed by atoms with van der Waals surface area (Å²) >= 11 is 0. The summed E-state index contributed by atoms with van der Waals surface area (Å²) in [6, 6.07) is 0. The molecule has 1 aliphatic heterocycles. The number of ether oxygens (including phenoxy) is 2. The Morgan fingerprint density at radius 1 is 1.16 bits per heavy atom. The van der Waals surface area contributed by atoms with Gasteiger partial charge in [0.2, 0.25) is 5.79 Å². The minimum atomic E-state index is -1.37. The van der Waals surface area contributed by atoms with Gasteiger partial charge in [0.25, 0.3) is 0 Å². The molecular weight excluding hydrogens is 392 g/mol. The summed E-state index contributed by atoms with van der Waals surface area (Å²) in [5, 5.41) is 0. The molecule has 0 N–H and O–H groups in total. The smallest absolute Gasteiger partial charge is 0.227 e. The van der Waals surface area contributed by atoms with Gasteiger partial charge in [-0.25, -0.2) is 0 Å². The van der Waals surface area contributed by atoms with Crippen molar-refractivity contribution in [3.8, 4) is 0 Å². The molecule has 2 saturated carbocycles. The van der Waals surface area contributed by atoms with Gasteiger partial charge < -0.3 is 9.47 Å². The molecule has 5 aliphatic rings. The lowest BCUT2D eigenvalue weighted by Gasteiger charge is -2.57. The quantitative estimate of drug-likeness (QED) is 0.592. The van der Waals surface area contributed by atoms with Crippen molar-refractivity contribution < 1.29 is 23.9 Å². The van der Waals surface area contributed by atoms with Crippen LogP contribution in [0.3, 0.4) is 0 Å². The topological polar surface area (TPSA) is 69.7 Å². The zero-order valence-electron chi connectivity index (χ0n) is 19.1. The first kappa shape index (κ1) is 21.0. The van der Waals surface area contributed by atoms with Gasteiger partial charge in [-0.05, 0) is 75.0 Å². The summed E-state index contributed by atoms with van der Waals surface area (Å²) < 4.78 is 12.0. The molecule has 5 rings (SSSR count). The second-order valence-electron chi connectivity index (χ2n) is 10.9. The molecular formula is C26H32O5. The summed E-state index contributed by atoms with van der Waals surface area (Å²) in [5.41, 5.74) is 0.985. The minimum absolute atomic E-state index is 0.0353. The second-order valence-corrected chi connectivity index (χ2v) is 10.9. The third kappa shape index (κ3) is 2.53. The van der Waals surface area contributed by atoms with E-state index < -0.39 is 11.4 Å². The molecule has 0 aromatic heterocycles. The van der Waals surface area contributed by atoms with Crippen molar-refractivity contribution in [1.82, 2.24) is 0 Å². The second kappa shape index (κ2) is 6.35. The third-order valence-corrected chi connectivity index (χ3v) is 9.33. The van der Waals surface area contributed by atoms with E-state index in [1.807, 2.05) is 6.08 Å². The number of Topliss-reactive ketones (excluding diaryl/α,β-unsaturated/α-hetero) is 2. The summed E-state index contributed by atoms with van der Waals surface area (Å²) in [6.07, 6.45) is 11.1. The lowest BCUT2D eigenvalue weighted by Crippen LogP contribution is -2.65. The highest BCUT2D eigenvalue weighted by Gasteiger charge is 2.69. The SMILES string of the molecule is CC(=O)[C@]1(C)OCC(=O)C2(CCC3C4C[C@H](C)C5=CC(=O)C=C[C@]5(C)C4=CC[C@@]32C)O1. The third-order valence-electron chi connectivity index (χ3n) is 9.33. The van der Waals surface area contributed by atoms with Crippen molar-refractivity contribution in [3.63, 3.8) is 0 Å². The van der Waals surface area contributed by atoms with Gasteiger partial charge in [0.1, 0.15) is 12.2 Å². The van der Waals surface area contributed by atoms with E-state index in [2.05, 4.69) is 32.9 Å². The zero-order valence-corrected chi connectivity index (χ0v) is 19.1. The fourth-order valence-electron chi connectivity index (χ4n) is 7.46. The van der Waals surface area contributed by atoms with Crippen LogP contribution in [0, 0.1) is 28.6 Å². The number of rotatable bonds is 1. The summed E-state index contributed by atoms with van der Waals surface area (Å²) in [7, 11) is 0. The van der Waals surface area contributed by atoms with Crippen molar-refractivity contribution in [2.24, 2.45) is 28.6 Å². The van der Waals surface area contributed by atoms with Crippen LogP contribution < -0.4 is 0 Å². The average Bonchev–Trinajstić information content (AvgIpc) is 3.00. The lowest BCUT2D eigenvalue weighted by atomic mass is 9.49. The molecule has 7 atom stereocenters. The first-order chi connectivity index (χ1) is 14.5. The van der Waals surface area contributed by atoms with Crippen molar-refractivity contribution in [2.75, 3.05) is 6.61 Å². The van der Waals surface area contributed by atoms with Crippen LogP contribution in [0.5, 0.6) is 0 Å². The number of carbonyl (C=O) groups is 3. The minimum Gasteiger partial charge on any atom is -0.336 e. The van der Waals surface area contributed by atoms with Crippen molar-refractivity contribution in [3.05, 3.63) is 35.5 Å².